The maximum atomic E-state index is 13.2. The second-order valence-corrected chi connectivity index (χ2v) is 8.74. The van der Waals surface area contributed by atoms with Crippen LogP contribution < -0.4 is 0 Å². The fraction of sp³-hybridized carbons (Fsp3) is 0.300. The largest absolute Gasteiger partial charge is 0.324 e. The molecule has 2 aliphatic heterocycles. The van der Waals surface area contributed by atoms with Gasteiger partial charge >= 0.3 is 0 Å². The molecule has 2 atom stereocenters. The van der Waals surface area contributed by atoms with Crippen LogP contribution in [0.25, 0.3) is 0 Å². The molecule has 2 heterocycles. The predicted molar refractivity (Wildman–Crippen MR) is 107 cm³/mol. The molecule has 2 aliphatic rings. The summed E-state index contributed by atoms with van der Waals surface area (Å²) in [4.78, 5) is 28.3. The predicted octanol–water partition coefficient (Wildman–Crippen LogP) is 3.81. The summed E-state index contributed by atoms with van der Waals surface area (Å²) >= 11 is 3.01. The Morgan fingerprint density at radius 2 is 1.07 bits per heavy atom. The highest BCUT2D eigenvalue weighted by Crippen LogP contribution is 2.41. The molecule has 2 aromatic rings. The van der Waals surface area contributed by atoms with Gasteiger partial charge in [0.1, 0.15) is 22.4 Å². The lowest BCUT2D eigenvalue weighted by Gasteiger charge is -2.29. The van der Waals surface area contributed by atoms with E-state index in [2.05, 4.69) is 0 Å². The van der Waals surface area contributed by atoms with Crippen LogP contribution in [0, 0.1) is 11.6 Å². The van der Waals surface area contributed by atoms with Crippen molar-refractivity contribution in [1.82, 2.24) is 9.80 Å². The zero-order valence-electron chi connectivity index (χ0n) is 14.9. The van der Waals surface area contributed by atoms with Crippen molar-refractivity contribution in [2.24, 2.45) is 0 Å². The summed E-state index contributed by atoms with van der Waals surface area (Å²) in [6.45, 7) is 0.801. The van der Waals surface area contributed by atoms with Crippen molar-refractivity contribution >= 4 is 35.3 Å². The van der Waals surface area contributed by atoms with Gasteiger partial charge in [-0.25, -0.2) is 8.78 Å². The number of benzene rings is 2. The first-order valence-electron chi connectivity index (χ1n) is 8.86. The summed E-state index contributed by atoms with van der Waals surface area (Å²) in [5, 5.41) is -0.356. The molecule has 2 saturated heterocycles. The van der Waals surface area contributed by atoms with E-state index in [1.807, 2.05) is 0 Å². The minimum Gasteiger partial charge on any atom is -0.324 e. The maximum absolute atomic E-state index is 13.2. The minimum absolute atomic E-state index is 0.0111. The van der Waals surface area contributed by atoms with Crippen molar-refractivity contribution in [1.29, 1.82) is 0 Å². The summed E-state index contributed by atoms with van der Waals surface area (Å²) in [5.74, 6) is 0.130. The van der Waals surface area contributed by atoms with Crippen LogP contribution in [0.5, 0.6) is 0 Å². The van der Waals surface area contributed by atoms with Gasteiger partial charge in [-0.2, -0.15) is 0 Å². The highest BCUT2D eigenvalue weighted by atomic mass is 32.2. The van der Waals surface area contributed by atoms with Gasteiger partial charge in [-0.05, 0) is 35.4 Å². The molecule has 0 saturated carbocycles. The van der Waals surface area contributed by atoms with Crippen LogP contribution in [-0.2, 0) is 9.59 Å². The smallest absolute Gasteiger partial charge is 0.233 e. The number of hydrogen-bond donors (Lipinski definition) is 0. The Hall–Kier alpha value is -2.06. The van der Waals surface area contributed by atoms with Crippen LogP contribution in [0.2, 0.25) is 0 Å². The van der Waals surface area contributed by atoms with Gasteiger partial charge in [0.25, 0.3) is 0 Å². The highest BCUT2D eigenvalue weighted by molar-refractivity contribution is 8.00. The molecule has 8 heteroatoms. The molecule has 0 radical (unpaired) electrons. The first-order chi connectivity index (χ1) is 13.5. The molecule has 146 valence electrons. The number of carbonyl (C=O) groups is 2. The molecule has 0 N–H and O–H groups in total. The third kappa shape index (κ3) is 3.89. The Morgan fingerprint density at radius 1 is 0.714 bits per heavy atom. The van der Waals surface area contributed by atoms with Gasteiger partial charge in [0.15, 0.2) is 0 Å². The number of halogens is 2. The molecular weight excluding hydrogens is 402 g/mol. The van der Waals surface area contributed by atoms with Gasteiger partial charge in [-0.15, -0.1) is 23.5 Å². The van der Waals surface area contributed by atoms with E-state index in [4.69, 9.17) is 0 Å². The molecule has 4 nitrogen and oxygen atoms in total. The zero-order chi connectivity index (χ0) is 19.7. The van der Waals surface area contributed by atoms with E-state index >= 15 is 0 Å². The lowest BCUT2D eigenvalue weighted by Crippen LogP contribution is -2.39. The molecule has 0 spiro atoms. The van der Waals surface area contributed by atoms with Crippen molar-refractivity contribution in [2.75, 3.05) is 24.6 Å². The van der Waals surface area contributed by atoms with Crippen molar-refractivity contribution in [3.05, 3.63) is 71.3 Å². The standard InChI is InChI=1S/C20H18F2N2O2S2/c21-15-5-1-13(2-6-15)19-23(17(25)11-27-19)9-10-24-18(26)12-28-20(24)14-3-7-16(22)8-4-14/h1-8,19-20H,9-12H2. The summed E-state index contributed by atoms with van der Waals surface area (Å²) < 4.78 is 26.4. The molecule has 28 heavy (non-hydrogen) atoms. The van der Waals surface area contributed by atoms with Crippen LogP contribution in [0.15, 0.2) is 48.5 Å². The van der Waals surface area contributed by atoms with E-state index in [9.17, 15) is 18.4 Å². The molecule has 2 unspecified atom stereocenters. The van der Waals surface area contributed by atoms with E-state index in [1.54, 1.807) is 34.1 Å². The van der Waals surface area contributed by atoms with Gasteiger partial charge in [0.05, 0.1) is 11.5 Å². The molecule has 0 aromatic heterocycles. The maximum Gasteiger partial charge on any atom is 0.233 e. The molecule has 2 amide bonds. The fourth-order valence-electron chi connectivity index (χ4n) is 3.41. The van der Waals surface area contributed by atoms with Crippen LogP contribution in [0.4, 0.5) is 8.78 Å². The Morgan fingerprint density at radius 3 is 1.43 bits per heavy atom. The van der Waals surface area contributed by atoms with E-state index in [0.717, 1.165) is 11.1 Å². The number of rotatable bonds is 5. The van der Waals surface area contributed by atoms with Crippen molar-refractivity contribution < 1.29 is 18.4 Å². The quantitative estimate of drug-likeness (QED) is 0.738. The van der Waals surface area contributed by atoms with Gasteiger partial charge in [0.2, 0.25) is 11.8 Å². The number of thioether (sulfide) groups is 2. The first-order valence-corrected chi connectivity index (χ1v) is 11.0. The SMILES string of the molecule is O=C1CSC(c2ccc(F)cc2)N1CCN1C(=O)CSC1c1ccc(F)cc1. The van der Waals surface area contributed by atoms with Crippen LogP contribution >= 0.6 is 23.5 Å². The summed E-state index contributed by atoms with van der Waals surface area (Å²) in [5.41, 5.74) is 1.74. The van der Waals surface area contributed by atoms with Crippen LogP contribution in [0.1, 0.15) is 21.9 Å². The third-order valence-corrected chi connectivity index (χ3v) is 7.34. The van der Waals surface area contributed by atoms with Gasteiger partial charge in [0, 0.05) is 13.1 Å². The Balaban J connectivity index is 1.48. The van der Waals surface area contributed by atoms with Gasteiger partial charge < -0.3 is 9.80 Å². The second kappa shape index (κ2) is 8.13. The van der Waals surface area contributed by atoms with E-state index < -0.39 is 0 Å². The van der Waals surface area contributed by atoms with E-state index in [1.165, 1.54) is 47.8 Å². The molecule has 0 aliphatic carbocycles. The average Bonchev–Trinajstić information content (AvgIpc) is 3.24. The second-order valence-electron chi connectivity index (χ2n) is 6.60. The van der Waals surface area contributed by atoms with E-state index in [0.29, 0.717) is 24.6 Å². The third-order valence-electron chi connectivity index (χ3n) is 4.83. The topological polar surface area (TPSA) is 40.6 Å². The Labute approximate surface area is 170 Å². The molecule has 0 bridgehead atoms. The van der Waals surface area contributed by atoms with Crippen molar-refractivity contribution in [2.45, 2.75) is 10.7 Å². The number of carbonyl (C=O) groups excluding carboxylic acids is 2. The lowest BCUT2D eigenvalue weighted by molar-refractivity contribution is -0.132. The Bertz CT molecular complexity index is 803. The minimum atomic E-state index is -0.313. The summed E-state index contributed by atoms with van der Waals surface area (Å²) in [6.07, 6.45) is 0. The van der Waals surface area contributed by atoms with Gasteiger partial charge in [-0.1, -0.05) is 24.3 Å². The van der Waals surface area contributed by atoms with Crippen molar-refractivity contribution in [3.8, 4) is 0 Å². The summed E-state index contributed by atoms with van der Waals surface area (Å²) in [7, 11) is 0. The zero-order valence-corrected chi connectivity index (χ0v) is 16.5. The Kier molecular flexibility index (Phi) is 5.59. The monoisotopic (exact) mass is 420 g/mol. The van der Waals surface area contributed by atoms with Gasteiger partial charge in [-0.3, -0.25) is 9.59 Å². The average molecular weight is 421 g/mol. The molecule has 2 fully saturated rings. The van der Waals surface area contributed by atoms with Crippen LogP contribution in [-0.4, -0.2) is 46.2 Å². The number of hydrogen-bond acceptors (Lipinski definition) is 4. The first kappa shape index (κ1) is 19.3. The summed E-state index contributed by atoms with van der Waals surface area (Å²) in [6, 6.07) is 12.3. The molecular formula is C20H18F2N2O2S2. The van der Waals surface area contributed by atoms with Crippen molar-refractivity contribution in [3.63, 3.8) is 0 Å². The molecule has 2 aromatic carbocycles. The number of amides is 2. The highest BCUT2D eigenvalue weighted by Gasteiger charge is 2.36. The van der Waals surface area contributed by atoms with E-state index in [-0.39, 0.29) is 34.2 Å². The number of nitrogens with zero attached hydrogens (tertiary/aromatic N) is 2. The van der Waals surface area contributed by atoms with Crippen LogP contribution in [0.3, 0.4) is 0 Å². The normalized spacial score (nSPS) is 22.4. The molecule has 4 rings (SSSR count). The fourth-order valence-corrected chi connectivity index (χ4v) is 5.85. The lowest BCUT2D eigenvalue weighted by atomic mass is 10.2.